The number of rotatable bonds is 6. The van der Waals surface area contributed by atoms with Gasteiger partial charge in [0, 0.05) is 13.2 Å². The predicted molar refractivity (Wildman–Crippen MR) is 53.0 cm³/mol. The van der Waals surface area contributed by atoms with Crippen LogP contribution < -0.4 is 4.72 Å². The third kappa shape index (κ3) is 5.17. The summed E-state index contributed by atoms with van der Waals surface area (Å²) >= 11 is 0. The fourth-order valence-electron chi connectivity index (χ4n) is 0.899. The molecule has 1 atom stereocenters. The first kappa shape index (κ1) is 13.4. The lowest BCUT2D eigenvalue weighted by Crippen LogP contribution is -2.42. The van der Waals surface area contributed by atoms with Crippen LogP contribution in [0.5, 0.6) is 0 Å². The minimum atomic E-state index is -3.49. The van der Waals surface area contributed by atoms with Crippen molar-refractivity contribution in [2.24, 2.45) is 5.92 Å². The molecular formula is C8H16N2O3S. The molecule has 14 heavy (non-hydrogen) atoms. The van der Waals surface area contributed by atoms with Crippen LogP contribution >= 0.6 is 0 Å². The Balaban J connectivity index is 4.38. The topological polar surface area (TPSA) is 79.2 Å². The van der Waals surface area contributed by atoms with E-state index >= 15 is 0 Å². The molecule has 5 nitrogen and oxygen atoms in total. The molecule has 0 aromatic rings. The van der Waals surface area contributed by atoms with Crippen LogP contribution in [-0.4, -0.2) is 33.9 Å². The maximum atomic E-state index is 11.2. The van der Waals surface area contributed by atoms with E-state index in [1.165, 1.54) is 7.11 Å². The van der Waals surface area contributed by atoms with E-state index in [0.29, 0.717) is 6.61 Å². The van der Waals surface area contributed by atoms with Gasteiger partial charge in [-0.2, -0.15) is 5.26 Å². The number of methoxy groups -OCH3 is 1. The number of nitriles is 1. The summed E-state index contributed by atoms with van der Waals surface area (Å²) < 4.78 is 29.8. The monoisotopic (exact) mass is 220 g/mol. The molecule has 0 aromatic carbocycles. The first-order valence-corrected chi connectivity index (χ1v) is 5.94. The van der Waals surface area contributed by atoms with Gasteiger partial charge in [0.15, 0.2) is 5.75 Å². The lowest BCUT2D eigenvalue weighted by atomic mass is 10.1. The third-order valence-electron chi connectivity index (χ3n) is 1.74. The number of sulfonamides is 1. The van der Waals surface area contributed by atoms with Crippen LogP contribution in [0.2, 0.25) is 0 Å². The van der Waals surface area contributed by atoms with Gasteiger partial charge in [-0.15, -0.1) is 0 Å². The molecule has 1 unspecified atom stereocenters. The summed E-state index contributed by atoms with van der Waals surface area (Å²) in [7, 11) is -1.98. The Morgan fingerprint density at radius 1 is 1.50 bits per heavy atom. The molecule has 0 saturated carbocycles. The van der Waals surface area contributed by atoms with Crippen molar-refractivity contribution >= 4 is 10.0 Å². The van der Waals surface area contributed by atoms with Crippen LogP contribution in [0.15, 0.2) is 0 Å². The van der Waals surface area contributed by atoms with Crippen LogP contribution in [-0.2, 0) is 14.8 Å². The van der Waals surface area contributed by atoms with Gasteiger partial charge in [0.05, 0.1) is 12.7 Å². The third-order valence-corrected chi connectivity index (χ3v) is 2.91. The van der Waals surface area contributed by atoms with Crippen LogP contribution in [0.25, 0.3) is 0 Å². The van der Waals surface area contributed by atoms with E-state index in [4.69, 9.17) is 10.00 Å². The summed E-state index contributed by atoms with van der Waals surface area (Å²) in [5.74, 6) is -0.386. The highest BCUT2D eigenvalue weighted by Gasteiger charge is 2.20. The fourth-order valence-corrected chi connectivity index (χ4v) is 1.95. The normalized spacial score (nSPS) is 13.9. The van der Waals surface area contributed by atoms with Gasteiger partial charge in [-0.3, -0.25) is 0 Å². The minimum absolute atomic E-state index is 0.128. The van der Waals surface area contributed by atoms with Crippen molar-refractivity contribution in [3.8, 4) is 6.07 Å². The number of hydrogen-bond donors (Lipinski definition) is 1. The molecule has 6 heteroatoms. The maximum absolute atomic E-state index is 11.2. The number of nitrogens with one attached hydrogen (secondary N) is 1. The van der Waals surface area contributed by atoms with Gasteiger partial charge in [0.2, 0.25) is 10.0 Å². The number of nitrogens with zero attached hydrogens (tertiary/aromatic N) is 1. The van der Waals surface area contributed by atoms with Crippen molar-refractivity contribution < 1.29 is 13.2 Å². The van der Waals surface area contributed by atoms with Gasteiger partial charge in [0.25, 0.3) is 0 Å². The molecule has 0 rings (SSSR count). The summed E-state index contributed by atoms with van der Waals surface area (Å²) in [5, 5.41) is 8.28. The summed E-state index contributed by atoms with van der Waals surface area (Å²) in [6.45, 7) is 4.08. The molecule has 0 amide bonds. The van der Waals surface area contributed by atoms with Gasteiger partial charge in [-0.05, 0) is 5.92 Å². The zero-order chi connectivity index (χ0) is 11.2. The molecule has 0 heterocycles. The van der Waals surface area contributed by atoms with Crippen molar-refractivity contribution in [2.75, 3.05) is 19.5 Å². The van der Waals surface area contributed by atoms with Crippen molar-refractivity contribution in [2.45, 2.75) is 19.9 Å². The maximum Gasteiger partial charge on any atom is 0.225 e. The molecule has 82 valence electrons. The van der Waals surface area contributed by atoms with Crippen molar-refractivity contribution in [1.82, 2.24) is 4.72 Å². The fraction of sp³-hybridized carbons (Fsp3) is 0.875. The Morgan fingerprint density at radius 3 is 2.43 bits per heavy atom. The molecule has 0 aromatic heterocycles. The molecule has 1 N–H and O–H groups in total. The molecule has 0 aliphatic rings. The minimum Gasteiger partial charge on any atom is -0.383 e. The highest BCUT2D eigenvalue weighted by Crippen LogP contribution is 2.03. The second kappa shape index (κ2) is 5.96. The molecule has 0 bridgehead atoms. The molecule has 0 spiro atoms. The Labute approximate surface area is 85.1 Å². The van der Waals surface area contributed by atoms with Crippen molar-refractivity contribution in [3.05, 3.63) is 0 Å². The first-order valence-electron chi connectivity index (χ1n) is 4.29. The summed E-state index contributed by atoms with van der Waals surface area (Å²) in [6.07, 6.45) is 0. The average Bonchev–Trinajstić information content (AvgIpc) is 2.02. The summed E-state index contributed by atoms with van der Waals surface area (Å²) in [6, 6.07) is 1.32. The molecule has 0 aliphatic carbocycles. The average molecular weight is 220 g/mol. The standard InChI is InChI=1S/C8H16N2O3S/c1-7(2)8(6-13-3)10-14(11,12)5-4-9/h7-8,10H,5-6H2,1-3H3. The molecular weight excluding hydrogens is 204 g/mol. The Bertz CT molecular complexity index is 292. The molecule has 0 saturated heterocycles. The van der Waals surface area contributed by atoms with Gasteiger partial charge >= 0.3 is 0 Å². The molecule has 0 radical (unpaired) electrons. The summed E-state index contributed by atoms with van der Waals surface area (Å²) in [4.78, 5) is 0. The summed E-state index contributed by atoms with van der Waals surface area (Å²) in [5.41, 5.74) is 0. The lowest BCUT2D eigenvalue weighted by Gasteiger charge is -2.20. The zero-order valence-electron chi connectivity index (χ0n) is 8.65. The van der Waals surface area contributed by atoms with E-state index in [2.05, 4.69) is 4.72 Å². The second-order valence-electron chi connectivity index (χ2n) is 3.34. The van der Waals surface area contributed by atoms with Crippen LogP contribution in [0, 0.1) is 17.2 Å². The Kier molecular flexibility index (Phi) is 5.69. The Hall–Kier alpha value is -0.640. The second-order valence-corrected chi connectivity index (χ2v) is 5.09. The van der Waals surface area contributed by atoms with E-state index in [0.717, 1.165) is 0 Å². The number of ether oxygens (including phenoxy) is 1. The van der Waals surface area contributed by atoms with E-state index in [9.17, 15) is 8.42 Å². The van der Waals surface area contributed by atoms with E-state index in [1.54, 1.807) is 6.07 Å². The SMILES string of the molecule is COCC(NS(=O)(=O)CC#N)C(C)C. The molecule has 0 fully saturated rings. The van der Waals surface area contributed by atoms with Crippen molar-refractivity contribution in [3.63, 3.8) is 0 Å². The van der Waals surface area contributed by atoms with E-state index in [-0.39, 0.29) is 12.0 Å². The Morgan fingerprint density at radius 2 is 2.07 bits per heavy atom. The zero-order valence-corrected chi connectivity index (χ0v) is 9.47. The van der Waals surface area contributed by atoms with Gasteiger partial charge < -0.3 is 4.74 Å². The number of hydrogen-bond acceptors (Lipinski definition) is 4. The first-order chi connectivity index (χ1) is 6.43. The van der Waals surface area contributed by atoms with E-state index in [1.807, 2.05) is 13.8 Å². The van der Waals surface area contributed by atoms with Crippen LogP contribution in [0.3, 0.4) is 0 Å². The van der Waals surface area contributed by atoms with Crippen LogP contribution in [0.4, 0.5) is 0 Å². The van der Waals surface area contributed by atoms with E-state index < -0.39 is 15.8 Å². The highest BCUT2D eigenvalue weighted by molar-refractivity contribution is 7.89. The lowest BCUT2D eigenvalue weighted by molar-refractivity contribution is 0.157. The van der Waals surface area contributed by atoms with Gasteiger partial charge in [-0.25, -0.2) is 13.1 Å². The molecule has 0 aliphatic heterocycles. The van der Waals surface area contributed by atoms with Gasteiger partial charge in [0.1, 0.15) is 0 Å². The quantitative estimate of drug-likeness (QED) is 0.688. The predicted octanol–water partition coefficient (Wildman–Crippen LogP) is 0.100. The largest absolute Gasteiger partial charge is 0.383 e. The van der Waals surface area contributed by atoms with Crippen LogP contribution in [0.1, 0.15) is 13.8 Å². The highest BCUT2D eigenvalue weighted by atomic mass is 32.2. The smallest absolute Gasteiger partial charge is 0.225 e. The van der Waals surface area contributed by atoms with Gasteiger partial charge in [-0.1, -0.05) is 13.8 Å². The van der Waals surface area contributed by atoms with Crippen molar-refractivity contribution in [1.29, 1.82) is 5.26 Å².